The number of nitrogens with zero attached hydrogens (tertiary/aromatic N) is 3. The minimum Gasteiger partial charge on any atom is -0.484 e. The summed E-state index contributed by atoms with van der Waals surface area (Å²) >= 11 is 1.24. The van der Waals surface area contributed by atoms with Gasteiger partial charge in [-0.2, -0.15) is 0 Å². The van der Waals surface area contributed by atoms with Crippen molar-refractivity contribution in [1.29, 1.82) is 0 Å². The third kappa shape index (κ3) is 5.42. The maximum absolute atomic E-state index is 13.8. The summed E-state index contributed by atoms with van der Waals surface area (Å²) < 4.78 is 29.3. The Morgan fingerprint density at radius 1 is 1.10 bits per heavy atom. The van der Waals surface area contributed by atoms with Gasteiger partial charge in [0.2, 0.25) is 6.79 Å². The highest BCUT2D eigenvalue weighted by molar-refractivity contribution is 7.07. The third-order valence-corrected chi connectivity index (χ3v) is 8.12. The molecule has 3 aliphatic rings. The van der Waals surface area contributed by atoms with Crippen LogP contribution in [0.15, 0.2) is 63.5 Å². The van der Waals surface area contributed by atoms with Gasteiger partial charge >= 0.3 is 5.97 Å². The van der Waals surface area contributed by atoms with E-state index in [1.165, 1.54) is 15.9 Å². The summed E-state index contributed by atoms with van der Waals surface area (Å²) in [6.45, 7) is 5.91. The minimum atomic E-state index is -0.753. The van der Waals surface area contributed by atoms with Gasteiger partial charge in [0.1, 0.15) is 5.75 Å². The van der Waals surface area contributed by atoms with Gasteiger partial charge in [0.15, 0.2) is 22.9 Å². The number of rotatable bonds is 7. The molecule has 0 spiro atoms. The molecule has 0 N–H and O–H groups in total. The van der Waals surface area contributed by atoms with Crippen LogP contribution in [-0.4, -0.2) is 67.7 Å². The highest BCUT2D eigenvalue weighted by atomic mass is 32.1. The Morgan fingerprint density at radius 2 is 1.86 bits per heavy atom. The van der Waals surface area contributed by atoms with E-state index in [4.69, 9.17) is 23.7 Å². The van der Waals surface area contributed by atoms with Crippen molar-refractivity contribution in [2.45, 2.75) is 19.9 Å². The van der Waals surface area contributed by atoms with Crippen molar-refractivity contribution >= 4 is 29.3 Å². The monoisotopic (exact) mass is 591 g/mol. The number of hydrogen-bond acceptors (Lipinski definition) is 10. The van der Waals surface area contributed by atoms with Crippen LogP contribution in [0.4, 0.5) is 0 Å². The number of carbonyl (C=O) groups excluding carboxylic acids is 2. The molecule has 0 saturated carbocycles. The fraction of sp³-hybridized carbons (Fsp3) is 0.333. The van der Waals surface area contributed by atoms with Gasteiger partial charge < -0.3 is 28.6 Å². The zero-order valence-electron chi connectivity index (χ0n) is 23.2. The number of fused-ring (bicyclic) bond motifs is 2. The lowest BCUT2D eigenvalue weighted by atomic mass is 9.95. The molecule has 1 atom stereocenters. The van der Waals surface area contributed by atoms with Crippen LogP contribution in [0, 0.1) is 0 Å². The molecule has 0 aliphatic carbocycles. The average molecular weight is 592 g/mol. The number of amides is 1. The fourth-order valence-electron chi connectivity index (χ4n) is 5.05. The first-order valence-corrected chi connectivity index (χ1v) is 14.4. The molecular weight excluding hydrogens is 562 g/mol. The van der Waals surface area contributed by atoms with Gasteiger partial charge in [-0.15, -0.1) is 0 Å². The Labute approximate surface area is 244 Å². The van der Waals surface area contributed by atoms with Crippen LogP contribution >= 0.6 is 11.3 Å². The lowest BCUT2D eigenvalue weighted by Crippen LogP contribution is -2.42. The van der Waals surface area contributed by atoms with Gasteiger partial charge in [0.05, 0.1) is 41.7 Å². The van der Waals surface area contributed by atoms with Gasteiger partial charge in [-0.3, -0.25) is 14.2 Å². The summed E-state index contributed by atoms with van der Waals surface area (Å²) in [4.78, 5) is 46.1. The molecule has 42 heavy (non-hydrogen) atoms. The predicted octanol–water partition coefficient (Wildman–Crippen LogP) is 1.76. The summed E-state index contributed by atoms with van der Waals surface area (Å²) in [6.07, 6.45) is 1.77. The van der Waals surface area contributed by atoms with Crippen LogP contribution in [0.3, 0.4) is 0 Å². The second-order valence-electron chi connectivity index (χ2n) is 9.77. The van der Waals surface area contributed by atoms with E-state index in [9.17, 15) is 14.4 Å². The molecule has 1 saturated heterocycles. The normalized spacial score (nSPS) is 18.0. The molecule has 1 amide bonds. The van der Waals surface area contributed by atoms with Gasteiger partial charge in [0.25, 0.3) is 11.5 Å². The van der Waals surface area contributed by atoms with Crippen molar-refractivity contribution < 1.29 is 33.3 Å². The van der Waals surface area contributed by atoms with Crippen LogP contribution in [0.2, 0.25) is 0 Å². The molecule has 1 aromatic heterocycles. The van der Waals surface area contributed by atoms with Crippen molar-refractivity contribution in [3.8, 4) is 17.2 Å². The first kappa shape index (κ1) is 27.7. The smallest absolute Gasteiger partial charge is 0.338 e. The van der Waals surface area contributed by atoms with Crippen LogP contribution in [0.5, 0.6) is 17.2 Å². The van der Waals surface area contributed by atoms with E-state index in [0.29, 0.717) is 69.7 Å². The second kappa shape index (κ2) is 11.8. The Kier molecular flexibility index (Phi) is 7.81. The number of allylic oxidation sites excluding steroid dienone is 1. The topological polar surface area (TPSA) is 118 Å². The van der Waals surface area contributed by atoms with Gasteiger partial charge in [-0.1, -0.05) is 29.5 Å². The first-order chi connectivity index (χ1) is 20.4. The van der Waals surface area contributed by atoms with Crippen LogP contribution in [-0.2, 0) is 19.1 Å². The molecule has 11 nitrogen and oxygen atoms in total. The van der Waals surface area contributed by atoms with E-state index < -0.39 is 12.0 Å². The molecule has 0 radical (unpaired) electrons. The quantitative estimate of drug-likeness (QED) is 0.382. The summed E-state index contributed by atoms with van der Waals surface area (Å²) in [7, 11) is 0. The zero-order valence-corrected chi connectivity index (χ0v) is 24.0. The van der Waals surface area contributed by atoms with E-state index in [1.807, 2.05) is 18.2 Å². The second-order valence-corrected chi connectivity index (χ2v) is 10.8. The van der Waals surface area contributed by atoms with Gasteiger partial charge in [-0.25, -0.2) is 9.79 Å². The van der Waals surface area contributed by atoms with E-state index in [0.717, 1.165) is 5.56 Å². The molecule has 0 unspecified atom stereocenters. The number of esters is 1. The number of hydrogen-bond donors (Lipinski definition) is 0. The molecular formula is C30H29N3O8S. The SMILES string of the molecule is CCOC(=O)C1=C(C)N=c2s/c(=C/c3ccc(OCC(=O)N4CCOCC4)cc3)c(=O)n2[C@@H]1c1ccc2c(c1)OCO2. The maximum Gasteiger partial charge on any atom is 0.338 e. The number of aromatic nitrogens is 1. The Morgan fingerprint density at radius 3 is 2.62 bits per heavy atom. The molecule has 1 fully saturated rings. The Bertz CT molecular complexity index is 1740. The van der Waals surface area contributed by atoms with E-state index in [1.54, 1.807) is 49.1 Å². The van der Waals surface area contributed by atoms with Crippen molar-refractivity contribution in [2.24, 2.45) is 4.99 Å². The molecule has 0 bridgehead atoms. The maximum atomic E-state index is 13.8. The molecule has 2 aromatic carbocycles. The highest BCUT2D eigenvalue weighted by Crippen LogP contribution is 2.38. The van der Waals surface area contributed by atoms with E-state index >= 15 is 0 Å². The number of carbonyl (C=O) groups is 2. The largest absolute Gasteiger partial charge is 0.484 e. The summed E-state index contributed by atoms with van der Waals surface area (Å²) in [6, 6.07) is 11.8. The summed E-state index contributed by atoms with van der Waals surface area (Å²) in [5.41, 5.74) is 1.94. The standard InChI is InChI=1S/C30H29N3O8S/c1-3-38-29(36)26-18(2)31-30-33(27(26)20-6-9-22-23(15-20)41-17-40-22)28(35)24(42-30)14-19-4-7-21(8-5-19)39-16-25(34)32-10-12-37-13-11-32/h4-9,14-15,27H,3,10-13,16-17H2,1-2H3/b24-14+/t27-/m1/s1. The summed E-state index contributed by atoms with van der Waals surface area (Å²) in [5.74, 6) is 1.08. The Balaban J connectivity index is 1.30. The van der Waals surface area contributed by atoms with E-state index in [2.05, 4.69) is 4.99 Å². The van der Waals surface area contributed by atoms with E-state index in [-0.39, 0.29) is 31.5 Å². The van der Waals surface area contributed by atoms with Crippen molar-refractivity contribution in [1.82, 2.24) is 9.47 Å². The molecule has 3 aromatic rings. The van der Waals surface area contributed by atoms with Gasteiger partial charge in [0, 0.05) is 13.1 Å². The number of thiazole rings is 1. The fourth-order valence-corrected chi connectivity index (χ4v) is 6.10. The van der Waals surface area contributed by atoms with Crippen LogP contribution in [0.25, 0.3) is 6.08 Å². The lowest BCUT2D eigenvalue weighted by molar-refractivity contribution is -0.139. The van der Waals surface area contributed by atoms with Crippen molar-refractivity contribution in [3.05, 3.63) is 84.5 Å². The predicted molar refractivity (Wildman–Crippen MR) is 152 cm³/mol. The summed E-state index contributed by atoms with van der Waals surface area (Å²) in [5, 5.41) is 0. The van der Waals surface area contributed by atoms with Crippen LogP contribution in [0.1, 0.15) is 31.0 Å². The van der Waals surface area contributed by atoms with Crippen molar-refractivity contribution in [3.63, 3.8) is 0 Å². The first-order valence-electron chi connectivity index (χ1n) is 13.6. The molecule has 4 heterocycles. The average Bonchev–Trinajstić information content (AvgIpc) is 3.60. The zero-order chi connectivity index (χ0) is 29.2. The van der Waals surface area contributed by atoms with Crippen LogP contribution < -0.4 is 29.1 Å². The third-order valence-electron chi connectivity index (χ3n) is 7.13. The molecule has 12 heteroatoms. The molecule has 6 rings (SSSR count). The van der Waals surface area contributed by atoms with Crippen molar-refractivity contribution in [2.75, 3.05) is 46.3 Å². The number of benzene rings is 2. The highest BCUT2D eigenvalue weighted by Gasteiger charge is 2.34. The molecule has 218 valence electrons. The number of morpholine rings is 1. The lowest BCUT2D eigenvalue weighted by Gasteiger charge is -2.26. The molecule has 3 aliphatic heterocycles. The minimum absolute atomic E-state index is 0.0556. The Hall–Kier alpha value is -4.42. The number of ether oxygens (including phenoxy) is 5. The van der Waals surface area contributed by atoms with Gasteiger partial charge in [-0.05, 0) is 55.3 Å².